The van der Waals surface area contributed by atoms with Gasteiger partial charge in [-0.05, 0) is 12.8 Å². The summed E-state index contributed by atoms with van der Waals surface area (Å²) >= 11 is 0. The van der Waals surface area contributed by atoms with Crippen LogP contribution >= 0.6 is 0 Å². The van der Waals surface area contributed by atoms with Crippen LogP contribution in [0.25, 0.3) is 0 Å². The molecule has 8 nitrogen and oxygen atoms in total. The first-order chi connectivity index (χ1) is 13.0. The summed E-state index contributed by atoms with van der Waals surface area (Å²) in [5, 5.41) is 7.60. The maximum Gasteiger partial charge on any atom is 0.335 e. The molecule has 1 rings (SSSR count). The minimum absolute atomic E-state index is 0.142. The number of aliphatic carboxylic acids is 1. The predicted octanol–water partition coefficient (Wildman–Crippen LogP) is 1.76. The van der Waals surface area contributed by atoms with Crippen LogP contribution < -0.4 is 0 Å². The van der Waals surface area contributed by atoms with Crippen LogP contribution in [0.1, 0.15) is 12.8 Å². The minimum Gasteiger partial charge on any atom is -0.478 e. The zero-order valence-corrected chi connectivity index (χ0v) is 15.7. The van der Waals surface area contributed by atoms with Crippen LogP contribution in [0.4, 0.5) is 0 Å². The van der Waals surface area contributed by atoms with Crippen LogP contribution in [-0.2, 0) is 33.3 Å². The van der Waals surface area contributed by atoms with E-state index in [0.717, 1.165) is 25.5 Å². The summed E-state index contributed by atoms with van der Waals surface area (Å²) in [7, 11) is 0. The quantitative estimate of drug-likeness (QED) is 0.209. The standard InChI is InChI=1S/C16H26O6.C3H4O2/c1-3-6-19-12-14(2)16(17)22-11-10-18-8-9-20-13-15-5-4-7-21-15;1-2-3(4)5/h3,15H,1-2,4-13H2;2H,1H2,(H,4,5). The van der Waals surface area contributed by atoms with E-state index in [-0.39, 0.29) is 24.9 Å². The first kappa shape index (κ1) is 25.0. The van der Waals surface area contributed by atoms with Crippen molar-refractivity contribution in [3.8, 4) is 0 Å². The van der Waals surface area contributed by atoms with Gasteiger partial charge in [-0.25, -0.2) is 9.59 Å². The average molecular weight is 386 g/mol. The maximum absolute atomic E-state index is 11.5. The van der Waals surface area contributed by atoms with E-state index in [1.165, 1.54) is 0 Å². The number of carbonyl (C=O) groups excluding carboxylic acids is 1. The van der Waals surface area contributed by atoms with Gasteiger partial charge in [-0.15, -0.1) is 6.58 Å². The molecule has 1 saturated heterocycles. The molecule has 0 aromatic rings. The predicted molar refractivity (Wildman–Crippen MR) is 99.6 cm³/mol. The van der Waals surface area contributed by atoms with Gasteiger partial charge >= 0.3 is 11.9 Å². The number of rotatable bonds is 14. The third-order valence-corrected chi connectivity index (χ3v) is 3.14. The van der Waals surface area contributed by atoms with E-state index >= 15 is 0 Å². The van der Waals surface area contributed by atoms with Gasteiger partial charge in [-0.1, -0.05) is 19.2 Å². The second-order valence-corrected chi connectivity index (χ2v) is 5.41. The molecule has 0 aromatic carbocycles. The molecule has 27 heavy (non-hydrogen) atoms. The third-order valence-electron chi connectivity index (χ3n) is 3.14. The lowest BCUT2D eigenvalue weighted by molar-refractivity contribution is -0.141. The lowest BCUT2D eigenvalue weighted by atomic mass is 10.2. The van der Waals surface area contributed by atoms with Gasteiger partial charge in [0.05, 0.1) is 51.3 Å². The van der Waals surface area contributed by atoms with Gasteiger partial charge in [0.15, 0.2) is 0 Å². The fourth-order valence-corrected chi connectivity index (χ4v) is 1.83. The van der Waals surface area contributed by atoms with Crippen molar-refractivity contribution in [2.24, 2.45) is 0 Å². The molecule has 1 atom stereocenters. The van der Waals surface area contributed by atoms with Crippen molar-refractivity contribution in [1.82, 2.24) is 0 Å². The van der Waals surface area contributed by atoms with Crippen LogP contribution in [0.5, 0.6) is 0 Å². The molecule has 1 aliphatic rings. The van der Waals surface area contributed by atoms with Crippen molar-refractivity contribution in [3.63, 3.8) is 0 Å². The molecule has 0 radical (unpaired) electrons. The summed E-state index contributed by atoms with van der Waals surface area (Å²) in [6.07, 6.45) is 4.85. The largest absolute Gasteiger partial charge is 0.478 e. The molecule has 1 aliphatic heterocycles. The molecule has 0 aliphatic carbocycles. The molecule has 0 amide bonds. The molecule has 0 aromatic heterocycles. The molecular weight excluding hydrogens is 356 g/mol. The number of carbonyl (C=O) groups is 2. The van der Waals surface area contributed by atoms with Crippen molar-refractivity contribution in [2.45, 2.75) is 18.9 Å². The monoisotopic (exact) mass is 386 g/mol. The number of hydrogen-bond donors (Lipinski definition) is 1. The molecule has 0 saturated carbocycles. The fourth-order valence-electron chi connectivity index (χ4n) is 1.83. The first-order valence-corrected chi connectivity index (χ1v) is 8.67. The van der Waals surface area contributed by atoms with Crippen molar-refractivity contribution < 1.29 is 38.4 Å². The summed E-state index contributed by atoms with van der Waals surface area (Å²) in [6.45, 7) is 13.5. The Morgan fingerprint density at radius 1 is 1.11 bits per heavy atom. The van der Waals surface area contributed by atoms with E-state index in [2.05, 4.69) is 19.7 Å². The van der Waals surface area contributed by atoms with Crippen LogP contribution in [0.2, 0.25) is 0 Å². The Hall–Kier alpha value is -2.00. The van der Waals surface area contributed by atoms with Gasteiger partial charge in [0.25, 0.3) is 0 Å². The van der Waals surface area contributed by atoms with Crippen LogP contribution in [0, 0.1) is 0 Å². The van der Waals surface area contributed by atoms with Gasteiger partial charge in [0.1, 0.15) is 6.61 Å². The van der Waals surface area contributed by atoms with E-state index in [9.17, 15) is 9.59 Å². The van der Waals surface area contributed by atoms with Crippen molar-refractivity contribution in [2.75, 3.05) is 52.9 Å². The molecule has 1 N–H and O–H groups in total. The fraction of sp³-hybridized carbons (Fsp3) is 0.579. The van der Waals surface area contributed by atoms with Crippen LogP contribution in [0.15, 0.2) is 37.5 Å². The molecule has 0 spiro atoms. The number of carboxylic acid groups (broad SMARTS) is 1. The Labute approximate surface area is 160 Å². The summed E-state index contributed by atoms with van der Waals surface area (Å²) < 4.78 is 26.3. The maximum atomic E-state index is 11.5. The lowest BCUT2D eigenvalue weighted by Crippen LogP contribution is -2.18. The molecule has 1 heterocycles. The second kappa shape index (κ2) is 17.4. The summed E-state index contributed by atoms with van der Waals surface area (Å²) in [6, 6.07) is 0. The molecular formula is C19H30O8. The molecule has 0 bridgehead atoms. The van der Waals surface area contributed by atoms with E-state index in [1.807, 2.05) is 0 Å². The van der Waals surface area contributed by atoms with Crippen molar-refractivity contribution in [1.29, 1.82) is 0 Å². The van der Waals surface area contributed by atoms with E-state index in [1.54, 1.807) is 6.08 Å². The van der Waals surface area contributed by atoms with Gasteiger partial charge in [-0.2, -0.15) is 0 Å². The minimum atomic E-state index is -0.981. The first-order valence-electron chi connectivity index (χ1n) is 8.67. The Morgan fingerprint density at radius 2 is 1.78 bits per heavy atom. The number of esters is 1. The highest BCUT2D eigenvalue weighted by atomic mass is 16.6. The normalized spacial score (nSPS) is 15.3. The Balaban J connectivity index is 0.00000119. The van der Waals surface area contributed by atoms with Gasteiger partial charge in [-0.3, -0.25) is 0 Å². The number of hydrogen-bond acceptors (Lipinski definition) is 7. The van der Waals surface area contributed by atoms with Crippen LogP contribution in [0.3, 0.4) is 0 Å². The molecule has 154 valence electrons. The van der Waals surface area contributed by atoms with E-state index in [0.29, 0.717) is 33.0 Å². The highest BCUT2D eigenvalue weighted by Gasteiger charge is 2.14. The van der Waals surface area contributed by atoms with E-state index < -0.39 is 11.9 Å². The third kappa shape index (κ3) is 15.9. The number of ether oxygens (including phenoxy) is 5. The van der Waals surface area contributed by atoms with Gasteiger partial charge in [0, 0.05) is 12.7 Å². The zero-order chi connectivity index (χ0) is 20.3. The van der Waals surface area contributed by atoms with Crippen LogP contribution in [-0.4, -0.2) is 76.0 Å². The molecule has 8 heteroatoms. The van der Waals surface area contributed by atoms with Crippen molar-refractivity contribution in [3.05, 3.63) is 37.5 Å². The smallest absolute Gasteiger partial charge is 0.335 e. The topological polar surface area (TPSA) is 101 Å². The summed E-state index contributed by atoms with van der Waals surface area (Å²) in [5.74, 6) is -1.45. The van der Waals surface area contributed by atoms with E-state index in [4.69, 9.17) is 28.8 Å². The summed E-state index contributed by atoms with van der Waals surface area (Å²) in [5.41, 5.74) is 0.279. The number of carboxylic acids is 1. The van der Waals surface area contributed by atoms with Gasteiger partial charge < -0.3 is 28.8 Å². The lowest BCUT2D eigenvalue weighted by Gasteiger charge is -2.10. The Morgan fingerprint density at radius 3 is 2.37 bits per heavy atom. The SMILES string of the molecule is C=CC(=O)O.C=CCOCC(=C)C(=O)OCCOCCOCC1CCCO1. The Kier molecular flexibility index (Phi) is 16.1. The average Bonchev–Trinajstić information content (AvgIpc) is 3.17. The second-order valence-electron chi connectivity index (χ2n) is 5.41. The zero-order valence-electron chi connectivity index (χ0n) is 15.7. The molecule has 1 unspecified atom stereocenters. The Bertz CT molecular complexity index is 455. The van der Waals surface area contributed by atoms with Crippen molar-refractivity contribution >= 4 is 11.9 Å². The van der Waals surface area contributed by atoms with Gasteiger partial charge in [0.2, 0.25) is 0 Å². The highest BCUT2D eigenvalue weighted by Crippen LogP contribution is 2.11. The highest BCUT2D eigenvalue weighted by molar-refractivity contribution is 5.87. The summed E-state index contributed by atoms with van der Waals surface area (Å²) in [4.78, 5) is 20.7. The molecule has 1 fully saturated rings.